The fourth-order valence-corrected chi connectivity index (χ4v) is 3.28. The molecule has 3 heteroatoms. The van der Waals surface area contributed by atoms with E-state index in [0.29, 0.717) is 6.42 Å². The van der Waals surface area contributed by atoms with Gasteiger partial charge >= 0.3 is 0 Å². The van der Waals surface area contributed by atoms with E-state index in [1.807, 2.05) is 12.1 Å². The largest absolute Gasteiger partial charge is 0.291 e. The number of carbonyl (C=O) groups excluding carboxylic acids is 1. The molecule has 1 rings (SSSR count). The minimum Gasteiger partial charge on any atom is -0.291 e. The molecule has 0 atom stereocenters. The van der Waals surface area contributed by atoms with Crippen LogP contribution in [-0.4, -0.2) is 10.1 Å². The molecule has 0 N–H and O–H groups in total. The maximum atomic E-state index is 12.9. The summed E-state index contributed by atoms with van der Waals surface area (Å²) in [6, 6.07) is 6.01. The van der Waals surface area contributed by atoms with Gasteiger partial charge in [0.15, 0.2) is 10.1 Å². The minimum atomic E-state index is -1.31. The Morgan fingerprint density at radius 3 is 2.17 bits per heavy atom. The van der Waals surface area contributed by atoms with E-state index in [1.165, 1.54) is 5.56 Å². The molecular weight excluding hydrogens is 327 g/mol. The van der Waals surface area contributed by atoms with Crippen LogP contribution in [0.1, 0.15) is 87.2 Å². The summed E-state index contributed by atoms with van der Waals surface area (Å²) >= 11 is 12.8. The number of benzene rings is 1. The summed E-state index contributed by atoms with van der Waals surface area (Å²) in [5.41, 5.74) is 3.17. The molecule has 0 aliphatic carbocycles. The lowest BCUT2D eigenvalue weighted by Crippen LogP contribution is -2.27. The molecule has 0 aliphatic heterocycles. The monoisotopic (exact) mass is 356 g/mol. The molecule has 0 bridgehead atoms. The molecule has 23 heavy (non-hydrogen) atoms. The van der Waals surface area contributed by atoms with Crippen LogP contribution in [-0.2, 0) is 12.8 Å². The predicted molar refractivity (Wildman–Crippen MR) is 102 cm³/mol. The fourth-order valence-electron chi connectivity index (χ4n) is 2.81. The second kappa shape index (κ2) is 10.4. The highest BCUT2D eigenvalue weighted by atomic mass is 35.5. The lowest BCUT2D eigenvalue weighted by molar-refractivity contribution is 0.0967. The third-order valence-corrected chi connectivity index (χ3v) is 5.00. The first-order valence-electron chi connectivity index (χ1n) is 9.01. The van der Waals surface area contributed by atoms with Crippen LogP contribution >= 0.6 is 23.2 Å². The van der Waals surface area contributed by atoms with Crippen LogP contribution in [0.3, 0.4) is 0 Å². The topological polar surface area (TPSA) is 17.1 Å². The summed E-state index contributed by atoms with van der Waals surface area (Å²) in [4.78, 5) is 12.9. The molecule has 0 aromatic heterocycles. The van der Waals surface area contributed by atoms with Crippen molar-refractivity contribution in [3.05, 3.63) is 34.9 Å². The molecule has 0 heterocycles. The van der Waals surface area contributed by atoms with Crippen molar-refractivity contribution in [2.75, 3.05) is 0 Å². The molecule has 1 aromatic carbocycles. The summed E-state index contributed by atoms with van der Waals surface area (Å²) in [5.74, 6) is -0.126. The van der Waals surface area contributed by atoms with E-state index in [2.05, 4.69) is 26.8 Å². The molecular formula is C20H30Cl2O. The summed E-state index contributed by atoms with van der Waals surface area (Å²) in [7, 11) is 0. The van der Waals surface area contributed by atoms with Crippen LogP contribution in [0.4, 0.5) is 0 Å². The van der Waals surface area contributed by atoms with Gasteiger partial charge in [0.2, 0.25) is 0 Å². The van der Waals surface area contributed by atoms with E-state index in [4.69, 9.17) is 23.2 Å². The lowest BCUT2D eigenvalue weighted by Gasteiger charge is -2.21. The summed E-state index contributed by atoms with van der Waals surface area (Å²) < 4.78 is -1.31. The molecule has 0 spiro atoms. The standard InChI is InChI=1S/C20H30Cl2O/c1-4-7-11-16-12-10-14-18(17(16)13-8-5-2)19(23)20(21,22)15-9-6-3/h10,12,14H,4-9,11,13,15H2,1-3H3. The number of ketones is 1. The highest BCUT2D eigenvalue weighted by Gasteiger charge is 2.35. The van der Waals surface area contributed by atoms with E-state index in [0.717, 1.165) is 62.5 Å². The zero-order chi connectivity index (χ0) is 17.3. The molecule has 0 unspecified atom stereocenters. The van der Waals surface area contributed by atoms with Crippen LogP contribution < -0.4 is 0 Å². The Labute approximate surface area is 151 Å². The van der Waals surface area contributed by atoms with Crippen molar-refractivity contribution >= 4 is 29.0 Å². The molecule has 0 amide bonds. The molecule has 130 valence electrons. The smallest absolute Gasteiger partial charge is 0.199 e. The first kappa shape index (κ1) is 20.5. The first-order valence-corrected chi connectivity index (χ1v) is 9.76. The van der Waals surface area contributed by atoms with E-state index < -0.39 is 4.33 Å². The molecule has 0 saturated heterocycles. The Bertz CT molecular complexity index is 494. The van der Waals surface area contributed by atoms with Gasteiger partial charge in [-0.05, 0) is 43.2 Å². The van der Waals surface area contributed by atoms with Crippen LogP contribution in [0.2, 0.25) is 0 Å². The van der Waals surface area contributed by atoms with Gasteiger partial charge in [-0.1, -0.05) is 87.9 Å². The van der Waals surface area contributed by atoms with Gasteiger partial charge in [-0.25, -0.2) is 0 Å². The number of hydrogen-bond acceptors (Lipinski definition) is 1. The molecule has 0 radical (unpaired) electrons. The van der Waals surface area contributed by atoms with Gasteiger partial charge in [0.1, 0.15) is 0 Å². The number of halogens is 2. The van der Waals surface area contributed by atoms with E-state index in [1.54, 1.807) is 0 Å². The van der Waals surface area contributed by atoms with Gasteiger partial charge in [-0.15, -0.1) is 0 Å². The van der Waals surface area contributed by atoms with Crippen molar-refractivity contribution in [3.8, 4) is 0 Å². The summed E-state index contributed by atoms with van der Waals surface area (Å²) in [6.07, 6.45) is 8.77. The number of alkyl halides is 2. The highest BCUT2D eigenvalue weighted by molar-refractivity contribution is 6.59. The lowest BCUT2D eigenvalue weighted by atomic mass is 9.90. The van der Waals surface area contributed by atoms with Crippen molar-refractivity contribution in [1.29, 1.82) is 0 Å². The number of hydrogen-bond donors (Lipinski definition) is 0. The number of carbonyl (C=O) groups is 1. The summed E-state index contributed by atoms with van der Waals surface area (Å²) in [6.45, 7) is 6.44. The molecule has 1 aromatic rings. The van der Waals surface area contributed by atoms with Crippen LogP contribution in [0.25, 0.3) is 0 Å². The number of unbranched alkanes of at least 4 members (excludes halogenated alkanes) is 3. The van der Waals surface area contributed by atoms with Crippen molar-refractivity contribution in [2.45, 2.75) is 82.9 Å². The van der Waals surface area contributed by atoms with Gasteiger partial charge in [0.05, 0.1) is 0 Å². The van der Waals surface area contributed by atoms with E-state index in [-0.39, 0.29) is 5.78 Å². The van der Waals surface area contributed by atoms with E-state index in [9.17, 15) is 4.79 Å². The zero-order valence-corrected chi connectivity index (χ0v) is 16.3. The zero-order valence-electron chi connectivity index (χ0n) is 14.8. The number of Topliss-reactive ketones (excluding diaryl/α,β-unsaturated/α-hetero) is 1. The van der Waals surface area contributed by atoms with Gasteiger partial charge < -0.3 is 0 Å². The Kier molecular flexibility index (Phi) is 9.24. The quantitative estimate of drug-likeness (QED) is 0.310. The minimum absolute atomic E-state index is 0.126. The van der Waals surface area contributed by atoms with Crippen molar-refractivity contribution in [1.82, 2.24) is 0 Å². The van der Waals surface area contributed by atoms with Gasteiger partial charge in [0.25, 0.3) is 0 Å². The normalized spacial score (nSPS) is 11.7. The average molecular weight is 357 g/mol. The Morgan fingerprint density at radius 2 is 1.57 bits per heavy atom. The van der Waals surface area contributed by atoms with Crippen molar-refractivity contribution < 1.29 is 4.79 Å². The molecule has 0 aliphatic rings. The molecule has 0 saturated carbocycles. The second-order valence-corrected chi connectivity index (χ2v) is 7.77. The summed E-state index contributed by atoms with van der Waals surface area (Å²) in [5, 5.41) is 0. The predicted octanol–water partition coefficient (Wildman–Crippen LogP) is 6.92. The second-order valence-electron chi connectivity index (χ2n) is 6.29. The SMILES string of the molecule is CCCCc1cccc(C(=O)C(Cl)(Cl)CCCC)c1CCCC. The molecule has 0 fully saturated rings. The number of rotatable bonds is 11. The van der Waals surface area contributed by atoms with Gasteiger partial charge in [-0.2, -0.15) is 0 Å². The Hall–Kier alpha value is -0.530. The van der Waals surface area contributed by atoms with Crippen LogP contribution in [0, 0.1) is 0 Å². The van der Waals surface area contributed by atoms with Gasteiger partial charge in [0, 0.05) is 5.56 Å². The number of aryl methyl sites for hydroxylation is 1. The Morgan fingerprint density at radius 1 is 0.957 bits per heavy atom. The fraction of sp³-hybridized carbons (Fsp3) is 0.650. The van der Waals surface area contributed by atoms with Crippen molar-refractivity contribution in [2.24, 2.45) is 0 Å². The average Bonchev–Trinajstić information content (AvgIpc) is 2.55. The highest BCUT2D eigenvalue weighted by Crippen LogP contribution is 2.34. The third-order valence-electron chi connectivity index (χ3n) is 4.27. The van der Waals surface area contributed by atoms with Crippen LogP contribution in [0.15, 0.2) is 18.2 Å². The molecule has 1 nitrogen and oxygen atoms in total. The van der Waals surface area contributed by atoms with Crippen LogP contribution in [0.5, 0.6) is 0 Å². The van der Waals surface area contributed by atoms with Gasteiger partial charge in [-0.3, -0.25) is 4.79 Å². The Balaban J connectivity index is 3.14. The maximum absolute atomic E-state index is 12.9. The van der Waals surface area contributed by atoms with E-state index >= 15 is 0 Å². The third kappa shape index (κ3) is 6.12. The van der Waals surface area contributed by atoms with Crippen molar-refractivity contribution in [3.63, 3.8) is 0 Å². The first-order chi connectivity index (χ1) is 11.0. The maximum Gasteiger partial charge on any atom is 0.199 e.